The number of benzene rings is 1. The van der Waals surface area contributed by atoms with Crippen LogP contribution in [0.3, 0.4) is 0 Å². The maximum absolute atomic E-state index is 12.4. The highest BCUT2D eigenvalue weighted by molar-refractivity contribution is 6.32. The van der Waals surface area contributed by atoms with E-state index in [1.54, 1.807) is 24.5 Å². The third kappa shape index (κ3) is 5.82. The molecule has 0 radical (unpaired) electrons. The lowest BCUT2D eigenvalue weighted by Crippen LogP contribution is -2.41. The van der Waals surface area contributed by atoms with Crippen LogP contribution < -0.4 is 10.1 Å². The second kappa shape index (κ2) is 10.2. The van der Waals surface area contributed by atoms with E-state index in [4.69, 9.17) is 20.8 Å². The summed E-state index contributed by atoms with van der Waals surface area (Å²) in [6.45, 7) is 1.34. The Labute approximate surface area is 187 Å². The number of piperidine rings is 1. The normalized spacial score (nSPS) is 17.6. The minimum absolute atomic E-state index is 0.00443. The number of carbonyl (C=O) groups excluding carboxylic acids is 2. The number of halogens is 1. The molecule has 7 heteroatoms. The van der Waals surface area contributed by atoms with Crippen LogP contribution >= 0.6 is 11.6 Å². The molecule has 1 saturated carbocycles. The molecule has 31 heavy (non-hydrogen) atoms. The summed E-state index contributed by atoms with van der Waals surface area (Å²) >= 11 is 6.40. The van der Waals surface area contributed by atoms with Crippen molar-refractivity contribution in [2.45, 2.75) is 63.5 Å². The van der Waals surface area contributed by atoms with Crippen LogP contribution in [-0.4, -0.2) is 41.9 Å². The number of hydrogen-bond acceptors (Lipinski definition) is 4. The zero-order valence-corrected chi connectivity index (χ0v) is 18.4. The number of carbonyl (C=O) groups is 2. The van der Waals surface area contributed by atoms with Crippen molar-refractivity contribution in [1.82, 2.24) is 10.2 Å². The van der Waals surface area contributed by atoms with Crippen molar-refractivity contribution < 1.29 is 18.7 Å². The quantitative estimate of drug-likeness (QED) is 0.677. The zero-order chi connectivity index (χ0) is 21.6. The van der Waals surface area contributed by atoms with Crippen LogP contribution in [-0.2, 0) is 11.2 Å². The molecule has 0 spiro atoms. The summed E-state index contributed by atoms with van der Waals surface area (Å²) in [6, 6.07) is 9.21. The van der Waals surface area contributed by atoms with Crippen LogP contribution in [0.25, 0.3) is 0 Å². The van der Waals surface area contributed by atoms with Gasteiger partial charge in [0.2, 0.25) is 5.91 Å². The van der Waals surface area contributed by atoms with Gasteiger partial charge in [-0.25, -0.2) is 0 Å². The first-order valence-electron chi connectivity index (χ1n) is 11.2. The van der Waals surface area contributed by atoms with Gasteiger partial charge in [0, 0.05) is 50.4 Å². The molecule has 1 aromatic heterocycles. The first kappa shape index (κ1) is 21.8. The van der Waals surface area contributed by atoms with Gasteiger partial charge in [-0.3, -0.25) is 9.59 Å². The molecule has 1 aliphatic heterocycles. The molecule has 166 valence electrons. The topological polar surface area (TPSA) is 71.8 Å². The zero-order valence-electron chi connectivity index (χ0n) is 17.6. The minimum atomic E-state index is -0.0817. The molecule has 1 aliphatic carbocycles. The average Bonchev–Trinajstić information content (AvgIpc) is 3.48. The van der Waals surface area contributed by atoms with E-state index in [0.717, 1.165) is 31.4 Å². The van der Waals surface area contributed by atoms with Crippen molar-refractivity contribution in [2.24, 2.45) is 0 Å². The van der Waals surface area contributed by atoms with Crippen LogP contribution in [0.4, 0.5) is 0 Å². The lowest BCUT2D eigenvalue weighted by molar-refractivity contribution is -0.133. The van der Waals surface area contributed by atoms with Gasteiger partial charge in [0.05, 0.1) is 11.3 Å². The van der Waals surface area contributed by atoms with Gasteiger partial charge in [0.25, 0.3) is 5.91 Å². The largest absolute Gasteiger partial charge is 0.489 e. The van der Waals surface area contributed by atoms with Gasteiger partial charge in [0.1, 0.15) is 17.6 Å². The molecule has 2 aliphatic rings. The standard InChI is InChI=1S/C24H29ClN2O4/c25-21-16-17(24(29)26-18-4-1-2-5-18)7-9-22(21)31-20-11-13-27(14-12-20)23(28)10-8-19-6-3-15-30-19/h3,6-7,9,15-16,18,20H,1-2,4-5,8,10-14H2,(H,26,29). The second-order valence-electron chi connectivity index (χ2n) is 8.38. The number of hydrogen-bond donors (Lipinski definition) is 1. The monoisotopic (exact) mass is 444 g/mol. The van der Waals surface area contributed by atoms with Crippen molar-refractivity contribution in [3.05, 3.63) is 52.9 Å². The lowest BCUT2D eigenvalue weighted by Gasteiger charge is -2.32. The Kier molecular flexibility index (Phi) is 7.17. The van der Waals surface area contributed by atoms with E-state index >= 15 is 0 Å². The van der Waals surface area contributed by atoms with E-state index in [-0.39, 0.29) is 24.0 Å². The Morgan fingerprint density at radius 3 is 2.58 bits per heavy atom. The predicted octanol–water partition coefficient (Wildman–Crippen LogP) is 4.61. The average molecular weight is 445 g/mol. The molecule has 1 saturated heterocycles. The summed E-state index contributed by atoms with van der Waals surface area (Å²) in [7, 11) is 0. The van der Waals surface area contributed by atoms with Gasteiger partial charge in [-0.05, 0) is 43.2 Å². The summed E-state index contributed by atoms with van der Waals surface area (Å²) in [5.41, 5.74) is 0.557. The Balaban J connectivity index is 1.24. The van der Waals surface area contributed by atoms with Crippen molar-refractivity contribution >= 4 is 23.4 Å². The number of aryl methyl sites for hydroxylation is 1. The van der Waals surface area contributed by atoms with Gasteiger partial charge in [-0.15, -0.1) is 0 Å². The highest BCUT2D eigenvalue weighted by Gasteiger charge is 2.25. The third-order valence-electron chi connectivity index (χ3n) is 6.14. The summed E-state index contributed by atoms with van der Waals surface area (Å²) < 4.78 is 11.4. The molecule has 4 rings (SSSR count). The van der Waals surface area contributed by atoms with Crippen molar-refractivity contribution in [3.63, 3.8) is 0 Å². The van der Waals surface area contributed by atoms with E-state index in [9.17, 15) is 9.59 Å². The molecule has 0 atom stereocenters. The lowest BCUT2D eigenvalue weighted by atomic mass is 10.1. The van der Waals surface area contributed by atoms with Crippen LogP contribution in [0.5, 0.6) is 5.75 Å². The molecular formula is C24H29ClN2O4. The van der Waals surface area contributed by atoms with E-state index < -0.39 is 0 Å². The highest BCUT2D eigenvalue weighted by atomic mass is 35.5. The molecule has 2 heterocycles. The number of furan rings is 1. The molecule has 2 aromatic rings. The van der Waals surface area contributed by atoms with Crippen LogP contribution in [0.15, 0.2) is 41.0 Å². The van der Waals surface area contributed by atoms with Crippen molar-refractivity contribution in [3.8, 4) is 5.75 Å². The number of rotatable bonds is 7. The van der Waals surface area contributed by atoms with Crippen molar-refractivity contribution in [2.75, 3.05) is 13.1 Å². The number of nitrogens with one attached hydrogen (secondary N) is 1. The number of nitrogens with zero attached hydrogens (tertiary/aromatic N) is 1. The molecule has 2 amide bonds. The van der Waals surface area contributed by atoms with E-state index in [2.05, 4.69) is 5.32 Å². The van der Waals surface area contributed by atoms with E-state index in [1.807, 2.05) is 17.0 Å². The fourth-order valence-electron chi connectivity index (χ4n) is 4.32. The number of amides is 2. The van der Waals surface area contributed by atoms with E-state index in [0.29, 0.717) is 42.3 Å². The van der Waals surface area contributed by atoms with Gasteiger partial charge in [-0.1, -0.05) is 24.4 Å². The predicted molar refractivity (Wildman–Crippen MR) is 118 cm³/mol. The first-order valence-corrected chi connectivity index (χ1v) is 11.5. The molecule has 0 bridgehead atoms. The number of likely N-dealkylation sites (tertiary alicyclic amines) is 1. The van der Waals surface area contributed by atoms with E-state index in [1.165, 1.54) is 12.8 Å². The van der Waals surface area contributed by atoms with Crippen molar-refractivity contribution in [1.29, 1.82) is 0 Å². The molecule has 6 nitrogen and oxygen atoms in total. The fraction of sp³-hybridized carbons (Fsp3) is 0.500. The Bertz CT molecular complexity index is 885. The molecule has 1 aromatic carbocycles. The highest BCUT2D eigenvalue weighted by Crippen LogP contribution is 2.29. The van der Waals surface area contributed by atoms with Crippen LogP contribution in [0.2, 0.25) is 5.02 Å². The van der Waals surface area contributed by atoms with Gasteiger partial charge in [-0.2, -0.15) is 0 Å². The van der Waals surface area contributed by atoms with Crippen LogP contribution in [0.1, 0.15) is 61.1 Å². The summed E-state index contributed by atoms with van der Waals surface area (Å²) in [6.07, 6.45) is 8.66. The first-order chi connectivity index (χ1) is 15.1. The summed E-state index contributed by atoms with van der Waals surface area (Å²) in [5.74, 6) is 1.48. The SMILES string of the molecule is O=C(NC1CCCC1)c1ccc(OC2CCN(C(=O)CCc3ccco3)CC2)c(Cl)c1. The minimum Gasteiger partial charge on any atom is -0.489 e. The third-order valence-corrected chi connectivity index (χ3v) is 6.43. The van der Waals surface area contributed by atoms with Gasteiger partial charge < -0.3 is 19.4 Å². The van der Waals surface area contributed by atoms with Gasteiger partial charge >= 0.3 is 0 Å². The Morgan fingerprint density at radius 2 is 1.90 bits per heavy atom. The van der Waals surface area contributed by atoms with Gasteiger partial charge in [0.15, 0.2) is 0 Å². The smallest absolute Gasteiger partial charge is 0.251 e. The Hall–Kier alpha value is -2.47. The number of ether oxygens (including phenoxy) is 1. The fourth-order valence-corrected chi connectivity index (χ4v) is 4.55. The molecular weight excluding hydrogens is 416 g/mol. The second-order valence-corrected chi connectivity index (χ2v) is 8.78. The van der Waals surface area contributed by atoms with Crippen LogP contribution in [0, 0.1) is 0 Å². The molecule has 1 N–H and O–H groups in total. The molecule has 2 fully saturated rings. The Morgan fingerprint density at radius 1 is 1.13 bits per heavy atom. The summed E-state index contributed by atoms with van der Waals surface area (Å²) in [5, 5.41) is 3.52. The maximum atomic E-state index is 12.4. The molecule has 0 unspecified atom stereocenters. The summed E-state index contributed by atoms with van der Waals surface area (Å²) in [4.78, 5) is 26.7. The maximum Gasteiger partial charge on any atom is 0.251 e.